The van der Waals surface area contributed by atoms with Gasteiger partial charge in [0, 0.05) is 5.56 Å². The maximum atomic E-state index is 14.2. The van der Waals surface area contributed by atoms with E-state index in [2.05, 4.69) is 5.32 Å². The molecule has 1 aromatic heterocycles. The molecule has 2 aromatic carbocycles. The lowest BCUT2D eigenvalue weighted by Gasteiger charge is -2.12. The molecule has 29 heavy (non-hydrogen) atoms. The van der Waals surface area contributed by atoms with Gasteiger partial charge in [-0.25, -0.2) is 4.39 Å². The first-order valence-electron chi connectivity index (χ1n) is 8.53. The van der Waals surface area contributed by atoms with Gasteiger partial charge in [-0.05, 0) is 49.4 Å². The minimum atomic E-state index is -0.678. The smallest absolute Gasteiger partial charge is 0.259 e. The molecule has 0 fully saturated rings. The number of halogens is 1. The molecule has 0 atom stereocenters. The summed E-state index contributed by atoms with van der Waals surface area (Å²) in [4.78, 5) is 12.6. The largest absolute Gasteiger partial charge is 0.496 e. The van der Waals surface area contributed by atoms with Crippen molar-refractivity contribution in [2.45, 2.75) is 6.92 Å². The normalized spacial score (nSPS) is 10.3. The van der Waals surface area contributed by atoms with Crippen LogP contribution in [0.4, 0.5) is 10.1 Å². The Labute approximate surface area is 166 Å². The van der Waals surface area contributed by atoms with Gasteiger partial charge in [-0.3, -0.25) is 15.6 Å². The van der Waals surface area contributed by atoms with Gasteiger partial charge in [-0.1, -0.05) is 11.6 Å². The van der Waals surface area contributed by atoms with E-state index in [1.807, 2.05) is 6.92 Å². The molecule has 3 N–H and O–H groups in total. The van der Waals surface area contributed by atoms with Crippen LogP contribution in [0.15, 0.2) is 59.2 Å². The van der Waals surface area contributed by atoms with Gasteiger partial charge in [0.15, 0.2) is 5.76 Å². The Bertz CT molecular complexity index is 1080. The predicted octanol–water partition coefficient (Wildman–Crippen LogP) is 4.36. The van der Waals surface area contributed by atoms with E-state index >= 15 is 0 Å². The average Bonchev–Trinajstić information content (AvgIpc) is 3.24. The minimum absolute atomic E-state index is 0.131. The highest BCUT2D eigenvalue weighted by Crippen LogP contribution is 2.23. The van der Waals surface area contributed by atoms with Crippen LogP contribution in [0.2, 0.25) is 0 Å². The maximum Gasteiger partial charge on any atom is 0.259 e. The summed E-state index contributed by atoms with van der Waals surface area (Å²) in [6.07, 6.45) is 1.38. The van der Waals surface area contributed by atoms with E-state index in [-0.39, 0.29) is 28.5 Å². The SMILES string of the molecule is COc1ccc(C)cc1C(=O)Nc1cc(C(=N)OC(=N)c2ccco2)ccc1F. The van der Waals surface area contributed by atoms with Crippen molar-refractivity contribution < 1.29 is 23.1 Å². The molecule has 0 aliphatic carbocycles. The molecule has 0 saturated carbocycles. The standard InChI is InChI=1S/C21H18FN3O4/c1-12-5-8-17(27-2)14(10-12)21(26)25-16-11-13(6-7-15(16)22)19(23)29-20(24)18-4-3-9-28-18/h3-11,23-24H,1-2H3,(H,25,26). The number of ether oxygens (including phenoxy) is 2. The molecule has 0 aliphatic rings. The van der Waals surface area contributed by atoms with E-state index in [1.165, 1.54) is 31.6 Å². The molecule has 0 saturated heterocycles. The first-order valence-corrected chi connectivity index (χ1v) is 8.53. The molecule has 0 radical (unpaired) electrons. The van der Waals surface area contributed by atoms with Crippen LogP contribution in [0.25, 0.3) is 0 Å². The summed E-state index contributed by atoms with van der Waals surface area (Å²) in [7, 11) is 1.44. The zero-order chi connectivity index (χ0) is 21.0. The van der Waals surface area contributed by atoms with Gasteiger partial charge in [-0.15, -0.1) is 0 Å². The Balaban J connectivity index is 1.80. The van der Waals surface area contributed by atoms with Gasteiger partial charge < -0.3 is 19.2 Å². The van der Waals surface area contributed by atoms with Crippen LogP contribution in [-0.4, -0.2) is 24.8 Å². The lowest BCUT2D eigenvalue weighted by Crippen LogP contribution is -2.16. The third kappa shape index (κ3) is 4.49. The Morgan fingerprint density at radius 3 is 2.59 bits per heavy atom. The topological polar surface area (TPSA) is 108 Å². The first-order chi connectivity index (χ1) is 13.9. The molecule has 3 aromatic rings. The number of hydrogen-bond acceptors (Lipinski definition) is 6. The fourth-order valence-corrected chi connectivity index (χ4v) is 2.57. The number of nitrogens with one attached hydrogen (secondary N) is 3. The summed E-state index contributed by atoms with van der Waals surface area (Å²) < 4.78 is 29.6. The number of aryl methyl sites for hydroxylation is 1. The second-order valence-electron chi connectivity index (χ2n) is 6.09. The van der Waals surface area contributed by atoms with E-state index in [0.717, 1.165) is 11.6 Å². The van der Waals surface area contributed by atoms with Crippen LogP contribution >= 0.6 is 0 Å². The summed E-state index contributed by atoms with van der Waals surface area (Å²) in [5.74, 6) is -1.49. The number of methoxy groups -OCH3 is 1. The van der Waals surface area contributed by atoms with E-state index in [1.54, 1.807) is 24.3 Å². The van der Waals surface area contributed by atoms with Crippen LogP contribution in [-0.2, 0) is 4.74 Å². The number of hydrogen-bond donors (Lipinski definition) is 3. The number of carbonyl (C=O) groups is 1. The van der Waals surface area contributed by atoms with Crippen molar-refractivity contribution >= 4 is 23.4 Å². The lowest BCUT2D eigenvalue weighted by molar-refractivity contribution is 0.102. The number of amides is 1. The maximum absolute atomic E-state index is 14.2. The number of rotatable bonds is 5. The van der Waals surface area contributed by atoms with Crippen LogP contribution in [0.3, 0.4) is 0 Å². The Hall–Kier alpha value is -3.94. The summed E-state index contributed by atoms with van der Waals surface area (Å²) in [5, 5.41) is 18.3. The number of benzene rings is 2. The van der Waals surface area contributed by atoms with E-state index in [0.29, 0.717) is 5.75 Å². The average molecular weight is 395 g/mol. The predicted molar refractivity (Wildman–Crippen MR) is 106 cm³/mol. The second-order valence-corrected chi connectivity index (χ2v) is 6.09. The van der Waals surface area contributed by atoms with Crippen LogP contribution in [0, 0.1) is 23.6 Å². The van der Waals surface area contributed by atoms with Crippen molar-refractivity contribution in [2.75, 3.05) is 12.4 Å². The summed E-state index contributed by atoms with van der Waals surface area (Å²) >= 11 is 0. The van der Waals surface area contributed by atoms with E-state index < -0.39 is 17.6 Å². The van der Waals surface area contributed by atoms with Crippen molar-refractivity contribution in [3.63, 3.8) is 0 Å². The van der Waals surface area contributed by atoms with Gasteiger partial charge in [0.1, 0.15) is 11.6 Å². The molecule has 1 amide bonds. The van der Waals surface area contributed by atoms with Crippen molar-refractivity contribution in [1.82, 2.24) is 0 Å². The molecular formula is C21H18FN3O4. The van der Waals surface area contributed by atoms with Gasteiger partial charge in [0.05, 0.1) is 24.6 Å². The minimum Gasteiger partial charge on any atom is -0.496 e. The fourth-order valence-electron chi connectivity index (χ4n) is 2.57. The van der Waals surface area contributed by atoms with Crippen molar-refractivity contribution in [3.8, 4) is 5.75 Å². The fraction of sp³-hybridized carbons (Fsp3) is 0.0952. The molecule has 8 heteroatoms. The molecular weight excluding hydrogens is 377 g/mol. The first kappa shape index (κ1) is 19.8. The number of anilines is 1. The molecule has 0 aliphatic heterocycles. The number of furan rings is 1. The third-order valence-corrected chi connectivity index (χ3v) is 4.03. The van der Waals surface area contributed by atoms with E-state index in [4.69, 9.17) is 24.7 Å². The molecule has 0 unspecified atom stereocenters. The highest BCUT2D eigenvalue weighted by Gasteiger charge is 2.17. The molecule has 1 heterocycles. The molecule has 0 spiro atoms. The lowest BCUT2D eigenvalue weighted by atomic mass is 10.1. The summed E-state index contributed by atoms with van der Waals surface area (Å²) in [6, 6.07) is 11.9. The monoisotopic (exact) mass is 395 g/mol. The molecule has 0 bridgehead atoms. The molecule has 7 nitrogen and oxygen atoms in total. The van der Waals surface area contributed by atoms with Crippen LogP contribution < -0.4 is 10.1 Å². The zero-order valence-corrected chi connectivity index (χ0v) is 15.7. The molecule has 148 valence electrons. The highest BCUT2D eigenvalue weighted by atomic mass is 19.1. The highest BCUT2D eigenvalue weighted by molar-refractivity contribution is 6.08. The Morgan fingerprint density at radius 2 is 1.90 bits per heavy atom. The van der Waals surface area contributed by atoms with Crippen LogP contribution in [0.5, 0.6) is 5.75 Å². The van der Waals surface area contributed by atoms with Crippen molar-refractivity contribution in [1.29, 1.82) is 10.8 Å². The van der Waals surface area contributed by atoms with Gasteiger partial charge in [-0.2, -0.15) is 0 Å². The number of carbonyl (C=O) groups excluding carboxylic acids is 1. The Kier molecular flexibility index (Phi) is 5.73. The molecule has 3 rings (SSSR count). The zero-order valence-electron chi connectivity index (χ0n) is 15.7. The summed E-state index contributed by atoms with van der Waals surface area (Å²) in [6.45, 7) is 1.82. The summed E-state index contributed by atoms with van der Waals surface area (Å²) in [5.41, 5.74) is 1.14. The van der Waals surface area contributed by atoms with Crippen molar-refractivity contribution in [2.24, 2.45) is 0 Å². The van der Waals surface area contributed by atoms with Gasteiger partial charge in [0.2, 0.25) is 5.90 Å². The Morgan fingerprint density at radius 1 is 1.10 bits per heavy atom. The third-order valence-electron chi connectivity index (χ3n) is 4.03. The van der Waals surface area contributed by atoms with Gasteiger partial charge >= 0.3 is 0 Å². The second kappa shape index (κ2) is 8.39. The van der Waals surface area contributed by atoms with E-state index in [9.17, 15) is 9.18 Å². The quantitative estimate of drug-likeness (QED) is 0.441. The van der Waals surface area contributed by atoms with Crippen molar-refractivity contribution in [3.05, 3.63) is 83.1 Å². The van der Waals surface area contributed by atoms with Gasteiger partial charge in [0.25, 0.3) is 11.8 Å². The van der Waals surface area contributed by atoms with Crippen LogP contribution in [0.1, 0.15) is 27.2 Å².